The number of ether oxygens (including phenoxy) is 3. The average molecular weight is 571 g/mol. The molecule has 2 aromatic rings. The Hall–Kier alpha value is -3.76. The molecule has 0 aromatic heterocycles. The number of esters is 1. The summed E-state index contributed by atoms with van der Waals surface area (Å²) >= 11 is 5.97. The second-order valence-corrected chi connectivity index (χ2v) is 9.87. The van der Waals surface area contributed by atoms with Crippen molar-refractivity contribution in [3.63, 3.8) is 0 Å². The second kappa shape index (κ2) is 13.1. The number of nitrogens with one attached hydrogen (secondary N) is 1. The number of carbonyl (C=O) groups is 3. The van der Waals surface area contributed by atoms with Crippen molar-refractivity contribution in [1.29, 1.82) is 0 Å². The van der Waals surface area contributed by atoms with Crippen LogP contribution >= 0.6 is 11.6 Å². The Morgan fingerprint density at radius 2 is 1.60 bits per heavy atom. The smallest absolute Gasteiger partial charge is 0.338 e. The molecule has 1 fully saturated rings. The van der Waals surface area contributed by atoms with Crippen molar-refractivity contribution in [1.82, 2.24) is 20.0 Å². The Morgan fingerprint density at radius 3 is 2.15 bits per heavy atom. The van der Waals surface area contributed by atoms with Gasteiger partial charge in [-0.2, -0.15) is 0 Å². The molecule has 2 aromatic carbocycles. The van der Waals surface area contributed by atoms with Crippen LogP contribution in [0.15, 0.2) is 53.7 Å². The predicted octanol–water partition coefficient (Wildman–Crippen LogP) is 3.72. The van der Waals surface area contributed by atoms with E-state index in [4.69, 9.17) is 25.8 Å². The van der Waals surface area contributed by atoms with Crippen LogP contribution in [0.25, 0.3) is 0 Å². The van der Waals surface area contributed by atoms with Crippen LogP contribution in [0.4, 0.5) is 4.79 Å². The summed E-state index contributed by atoms with van der Waals surface area (Å²) in [6.07, 6.45) is 0. The van der Waals surface area contributed by atoms with Gasteiger partial charge in [-0.1, -0.05) is 11.6 Å². The fourth-order valence-corrected chi connectivity index (χ4v) is 5.13. The average Bonchev–Trinajstić information content (AvgIpc) is 2.97. The number of amides is 3. The molecule has 1 unspecified atom stereocenters. The molecule has 11 heteroatoms. The van der Waals surface area contributed by atoms with E-state index in [2.05, 4.69) is 10.2 Å². The van der Waals surface area contributed by atoms with Gasteiger partial charge in [0, 0.05) is 61.6 Å². The predicted molar refractivity (Wildman–Crippen MR) is 151 cm³/mol. The number of likely N-dealkylation sites (N-methyl/N-ethyl adjacent to an activating group) is 1. The number of nitrogens with zero attached hydrogens (tertiary/aromatic N) is 3. The molecule has 0 bridgehead atoms. The van der Waals surface area contributed by atoms with E-state index in [0.29, 0.717) is 78.2 Å². The number of hydrogen-bond donors (Lipinski definition) is 1. The van der Waals surface area contributed by atoms with Gasteiger partial charge in [0.15, 0.2) is 0 Å². The van der Waals surface area contributed by atoms with Crippen molar-refractivity contribution in [3.05, 3.63) is 69.9 Å². The zero-order chi connectivity index (χ0) is 28.8. The lowest BCUT2D eigenvalue weighted by molar-refractivity contribution is -0.139. The molecule has 40 heavy (non-hydrogen) atoms. The molecule has 2 aliphatic rings. The topological polar surface area (TPSA) is 101 Å². The highest BCUT2D eigenvalue weighted by atomic mass is 35.5. The Bertz CT molecular complexity index is 1250. The van der Waals surface area contributed by atoms with Crippen LogP contribution in [-0.4, -0.2) is 92.7 Å². The minimum absolute atomic E-state index is 0.0537. The maximum Gasteiger partial charge on any atom is 0.338 e. The fraction of sp³-hybridized carbons (Fsp3) is 0.414. The lowest BCUT2D eigenvalue weighted by Gasteiger charge is -2.40. The van der Waals surface area contributed by atoms with Crippen LogP contribution < -0.4 is 14.8 Å². The Morgan fingerprint density at radius 1 is 0.975 bits per heavy atom. The van der Waals surface area contributed by atoms with Gasteiger partial charge in [0.2, 0.25) is 0 Å². The first-order valence-corrected chi connectivity index (χ1v) is 13.7. The van der Waals surface area contributed by atoms with E-state index in [9.17, 15) is 14.4 Å². The van der Waals surface area contributed by atoms with Crippen molar-refractivity contribution in [2.75, 3.05) is 60.1 Å². The normalized spacial score (nSPS) is 17.9. The number of methoxy groups -OCH3 is 2. The van der Waals surface area contributed by atoms with E-state index in [0.717, 1.165) is 0 Å². The summed E-state index contributed by atoms with van der Waals surface area (Å²) in [4.78, 5) is 45.2. The Kier molecular flexibility index (Phi) is 9.54. The summed E-state index contributed by atoms with van der Waals surface area (Å²) in [5.74, 6) is 0.516. The summed E-state index contributed by atoms with van der Waals surface area (Å²) in [6.45, 7) is 6.69. The molecule has 1 N–H and O–H groups in total. The molecular formula is C29H35ClN4O6. The molecule has 10 nitrogen and oxygen atoms in total. The molecule has 214 valence electrons. The van der Waals surface area contributed by atoms with Gasteiger partial charge < -0.3 is 24.4 Å². The number of rotatable bonds is 9. The third kappa shape index (κ3) is 6.34. The number of carbonyl (C=O) groups excluding carboxylic acids is 3. The molecule has 1 atom stereocenters. The van der Waals surface area contributed by atoms with E-state index < -0.39 is 12.0 Å². The summed E-state index contributed by atoms with van der Waals surface area (Å²) < 4.78 is 16.3. The van der Waals surface area contributed by atoms with E-state index >= 15 is 0 Å². The third-order valence-electron chi connectivity index (χ3n) is 7.08. The van der Waals surface area contributed by atoms with E-state index in [-0.39, 0.29) is 18.5 Å². The molecular weight excluding hydrogens is 536 g/mol. The summed E-state index contributed by atoms with van der Waals surface area (Å²) in [6, 6.07) is 11.1. The van der Waals surface area contributed by atoms with Crippen molar-refractivity contribution in [2.45, 2.75) is 19.9 Å². The number of urea groups is 1. The molecule has 0 spiro atoms. The summed E-state index contributed by atoms with van der Waals surface area (Å²) in [7, 11) is 3.09. The van der Waals surface area contributed by atoms with Gasteiger partial charge in [0.1, 0.15) is 11.5 Å². The lowest BCUT2D eigenvalue weighted by Crippen LogP contribution is -2.53. The molecule has 1 saturated heterocycles. The van der Waals surface area contributed by atoms with E-state index in [1.54, 1.807) is 73.4 Å². The SMILES string of the molecule is CCOC(=O)C1=C(CN2CCN(C(=O)c3ccc(Cl)cc3)CC2)N(CC)C(=O)NC1c1cc(OC)cc(OC)c1. The molecule has 2 aliphatic heterocycles. The van der Waals surface area contributed by atoms with Crippen molar-refractivity contribution >= 4 is 29.5 Å². The summed E-state index contributed by atoms with van der Waals surface area (Å²) in [5, 5.41) is 3.55. The van der Waals surface area contributed by atoms with Crippen LogP contribution in [0.3, 0.4) is 0 Å². The molecule has 4 rings (SSSR count). The maximum absolute atomic E-state index is 13.4. The largest absolute Gasteiger partial charge is 0.497 e. The quantitative estimate of drug-likeness (QED) is 0.459. The van der Waals surface area contributed by atoms with Crippen LogP contribution in [0, 0.1) is 0 Å². The maximum atomic E-state index is 13.4. The Balaban J connectivity index is 1.63. The zero-order valence-corrected chi connectivity index (χ0v) is 24.0. The monoisotopic (exact) mass is 570 g/mol. The van der Waals surface area contributed by atoms with Gasteiger partial charge in [-0.3, -0.25) is 14.6 Å². The molecule has 2 heterocycles. The number of halogens is 1. The minimum Gasteiger partial charge on any atom is -0.497 e. The Labute approximate surface area is 239 Å². The highest BCUT2D eigenvalue weighted by molar-refractivity contribution is 6.30. The third-order valence-corrected chi connectivity index (χ3v) is 7.33. The fourth-order valence-electron chi connectivity index (χ4n) is 5.00. The van der Waals surface area contributed by atoms with Crippen LogP contribution in [0.5, 0.6) is 11.5 Å². The van der Waals surface area contributed by atoms with Gasteiger partial charge in [-0.05, 0) is 55.8 Å². The first kappa shape index (κ1) is 29.2. The van der Waals surface area contributed by atoms with Crippen molar-refractivity contribution < 1.29 is 28.6 Å². The van der Waals surface area contributed by atoms with Crippen LogP contribution in [0.1, 0.15) is 35.8 Å². The van der Waals surface area contributed by atoms with Gasteiger partial charge in [0.25, 0.3) is 5.91 Å². The van der Waals surface area contributed by atoms with E-state index in [1.165, 1.54) is 0 Å². The van der Waals surface area contributed by atoms with Gasteiger partial charge in [-0.15, -0.1) is 0 Å². The van der Waals surface area contributed by atoms with Gasteiger partial charge in [0.05, 0.1) is 32.4 Å². The first-order chi connectivity index (χ1) is 19.3. The van der Waals surface area contributed by atoms with Crippen LogP contribution in [-0.2, 0) is 9.53 Å². The highest BCUT2D eigenvalue weighted by Gasteiger charge is 2.39. The molecule has 0 aliphatic carbocycles. The molecule has 0 radical (unpaired) electrons. The van der Waals surface area contributed by atoms with E-state index in [1.807, 2.05) is 6.92 Å². The highest BCUT2D eigenvalue weighted by Crippen LogP contribution is 2.35. The van der Waals surface area contributed by atoms with Gasteiger partial charge in [-0.25, -0.2) is 9.59 Å². The molecule has 3 amide bonds. The van der Waals surface area contributed by atoms with Crippen LogP contribution in [0.2, 0.25) is 5.02 Å². The summed E-state index contributed by atoms with van der Waals surface area (Å²) in [5.41, 5.74) is 2.16. The minimum atomic E-state index is -0.763. The van der Waals surface area contributed by atoms with Gasteiger partial charge >= 0.3 is 12.0 Å². The standard InChI is InChI=1S/C29H35ClN4O6/c1-5-34-24(18-32-11-13-33(14-12-32)27(35)19-7-9-21(30)10-8-19)25(28(36)40-6-2)26(31-29(34)37)20-15-22(38-3)17-23(16-20)39-4/h7-10,15-17,26H,5-6,11-14,18H2,1-4H3,(H,31,37). The number of benzene rings is 2. The first-order valence-electron chi connectivity index (χ1n) is 13.3. The second-order valence-electron chi connectivity index (χ2n) is 9.43. The zero-order valence-electron chi connectivity index (χ0n) is 23.2. The number of hydrogen-bond acceptors (Lipinski definition) is 7. The van der Waals surface area contributed by atoms with Crippen molar-refractivity contribution in [2.24, 2.45) is 0 Å². The molecule has 0 saturated carbocycles. The lowest BCUT2D eigenvalue weighted by atomic mass is 9.93. The van der Waals surface area contributed by atoms with Crippen molar-refractivity contribution in [3.8, 4) is 11.5 Å². The number of piperazine rings is 1.